The molecule has 0 saturated heterocycles. The lowest BCUT2D eigenvalue weighted by Gasteiger charge is -2.29. The zero-order valence-electron chi connectivity index (χ0n) is 32.3. The summed E-state index contributed by atoms with van der Waals surface area (Å²) in [5.74, 6) is 0.669. The first kappa shape index (κ1) is 44.5. The summed E-state index contributed by atoms with van der Waals surface area (Å²) in [5.41, 5.74) is 0.343. The van der Waals surface area contributed by atoms with Crippen LogP contribution in [-0.4, -0.2) is 76.4 Å². The molecule has 3 rings (SSSR count). The van der Waals surface area contributed by atoms with Gasteiger partial charge in [-0.2, -0.15) is 5.26 Å². The van der Waals surface area contributed by atoms with Gasteiger partial charge in [-0.25, -0.2) is 14.4 Å². The van der Waals surface area contributed by atoms with Crippen LogP contribution in [0.5, 0.6) is 11.5 Å². The van der Waals surface area contributed by atoms with Crippen molar-refractivity contribution < 1.29 is 47.5 Å². The number of esters is 3. The van der Waals surface area contributed by atoms with E-state index in [9.17, 15) is 14.4 Å². The average molecular weight is 754 g/mol. The Bertz CT molecular complexity index is 1290. The number of nitrogens with zero attached hydrogens (tertiary/aromatic N) is 1. The number of carbonyl (C=O) groups is 3. The van der Waals surface area contributed by atoms with Crippen LogP contribution in [-0.2, 0) is 33.3 Å². The van der Waals surface area contributed by atoms with Crippen molar-refractivity contribution in [3.8, 4) is 17.6 Å². The number of hydrogen-bond donors (Lipinski definition) is 0. The summed E-state index contributed by atoms with van der Waals surface area (Å²) in [6.45, 7) is 10.4. The van der Waals surface area contributed by atoms with Gasteiger partial charge in [0, 0.05) is 31.8 Å². The Hall–Kier alpha value is -3.88. The molecule has 0 N–H and O–H groups in total. The lowest BCUT2D eigenvalue weighted by atomic mass is 9.88. The summed E-state index contributed by atoms with van der Waals surface area (Å²) < 4.78 is 40.2. The molecule has 2 saturated carbocycles. The Balaban J connectivity index is 1.35. The van der Waals surface area contributed by atoms with Crippen LogP contribution in [0.4, 0.5) is 0 Å². The van der Waals surface area contributed by atoms with Crippen molar-refractivity contribution in [1.82, 2.24) is 0 Å². The number of rotatable bonds is 28. The van der Waals surface area contributed by atoms with E-state index >= 15 is 0 Å². The summed E-state index contributed by atoms with van der Waals surface area (Å²) in [5, 5.41) is 8.86. The molecule has 1 aromatic rings. The molecule has 0 aromatic heterocycles. The van der Waals surface area contributed by atoms with E-state index < -0.39 is 5.97 Å². The second-order valence-electron chi connectivity index (χ2n) is 14.3. The van der Waals surface area contributed by atoms with Crippen molar-refractivity contribution in [2.45, 2.75) is 128 Å². The predicted octanol–water partition coefficient (Wildman–Crippen LogP) is 8.63. The van der Waals surface area contributed by atoms with E-state index in [0.717, 1.165) is 116 Å². The molecule has 0 bridgehead atoms. The molecule has 54 heavy (non-hydrogen) atoms. The van der Waals surface area contributed by atoms with E-state index in [2.05, 4.69) is 19.2 Å². The molecule has 2 fully saturated rings. The van der Waals surface area contributed by atoms with Crippen molar-refractivity contribution in [2.75, 3.05) is 46.2 Å². The van der Waals surface area contributed by atoms with E-state index in [0.29, 0.717) is 68.2 Å². The van der Waals surface area contributed by atoms with Gasteiger partial charge in [-0.15, -0.1) is 0 Å². The van der Waals surface area contributed by atoms with Crippen LogP contribution in [0.1, 0.15) is 126 Å². The molecule has 2 aliphatic carbocycles. The van der Waals surface area contributed by atoms with Crippen LogP contribution >= 0.6 is 0 Å². The van der Waals surface area contributed by atoms with Crippen molar-refractivity contribution in [1.29, 1.82) is 5.26 Å². The third-order valence-corrected chi connectivity index (χ3v) is 9.99. The third-order valence-electron chi connectivity index (χ3n) is 9.99. The first-order valence-electron chi connectivity index (χ1n) is 20.2. The van der Waals surface area contributed by atoms with Gasteiger partial charge in [0.2, 0.25) is 0 Å². The van der Waals surface area contributed by atoms with Gasteiger partial charge in [0.25, 0.3) is 0 Å². The molecule has 300 valence electrons. The topological polar surface area (TPSA) is 140 Å². The van der Waals surface area contributed by atoms with Crippen LogP contribution in [0.2, 0.25) is 0 Å². The van der Waals surface area contributed by atoms with E-state index in [1.54, 1.807) is 12.1 Å². The molecule has 11 heteroatoms. The number of benzene rings is 1. The molecule has 0 unspecified atom stereocenters. The monoisotopic (exact) mass is 753 g/mol. The minimum Gasteiger partial charge on any atom is -0.493 e. The minimum absolute atomic E-state index is 0.171. The van der Waals surface area contributed by atoms with Gasteiger partial charge in [0.1, 0.15) is 17.1 Å². The van der Waals surface area contributed by atoms with Gasteiger partial charge in [0.15, 0.2) is 0 Å². The fraction of sp³-hybridized carbons (Fsp3) is 0.674. The molecule has 0 aliphatic heterocycles. The summed E-state index contributed by atoms with van der Waals surface area (Å²) in [6, 6.07) is 7.47. The Morgan fingerprint density at radius 3 is 1.61 bits per heavy atom. The highest BCUT2D eigenvalue weighted by Gasteiger charge is 2.25. The molecule has 0 atom stereocenters. The maximum Gasteiger partial charge on any atom is 0.342 e. The molecule has 0 heterocycles. The van der Waals surface area contributed by atoms with Crippen molar-refractivity contribution in [3.05, 3.63) is 49.1 Å². The standard InChI is InChI=1S/C43H63NO10/c1-3-41(45)50-28-12-7-5-10-26-48-36-19-15-34(16-20-36)32-53-38-23-24-40(39(31-38)43(47)52-30-14-9-25-44)54-33-35-17-21-37(22-18-35)49-27-11-6-8-13-29-51-42(46)4-2/h3-4,23-24,31,34-37H,1-2,5-22,26-30,32-33H2. The largest absolute Gasteiger partial charge is 0.493 e. The number of ether oxygens (including phenoxy) is 7. The van der Waals surface area contributed by atoms with E-state index in [4.69, 9.17) is 38.4 Å². The highest BCUT2D eigenvalue weighted by Crippen LogP contribution is 2.32. The van der Waals surface area contributed by atoms with Gasteiger partial charge < -0.3 is 33.2 Å². The fourth-order valence-corrected chi connectivity index (χ4v) is 6.71. The van der Waals surface area contributed by atoms with Crippen LogP contribution in [0.15, 0.2) is 43.5 Å². The van der Waals surface area contributed by atoms with Crippen LogP contribution < -0.4 is 9.47 Å². The summed E-state index contributed by atoms with van der Waals surface area (Å²) in [7, 11) is 0. The first-order chi connectivity index (χ1) is 26.4. The van der Waals surface area contributed by atoms with Crippen molar-refractivity contribution in [2.24, 2.45) is 11.8 Å². The van der Waals surface area contributed by atoms with Crippen LogP contribution in [0.3, 0.4) is 0 Å². The van der Waals surface area contributed by atoms with E-state index in [-0.39, 0.29) is 30.8 Å². The molecule has 0 radical (unpaired) electrons. The molecule has 0 amide bonds. The Labute approximate surface area is 322 Å². The van der Waals surface area contributed by atoms with Gasteiger partial charge >= 0.3 is 17.9 Å². The Morgan fingerprint density at radius 1 is 0.630 bits per heavy atom. The van der Waals surface area contributed by atoms with Crippen molar-refractivity contribution >= 4 is 17.9 Å². The highest BCUT2D eigenvalue weighted by molar-refractivity contribution is 5.93. The summed E-state index contributed by atoms with van der Waals surface area (Å²) in [6.07, 6.45) is 19.5. The van der Waals surface area contributed by atoms with Crippen LogP contribution in [0.25, 0.3) is 0 Å². The third kappa shape index (κ3) is 18.9. The quantitative estimate of drug-likeness (QED) is 0.0352. The van der Waals surface area contributed by atoms with E-state index in [1.807, 2.05) is 6.07 Å². The summed E-state index contributed by atoms with van der Waals surface area (Å²) >= 11 is 0. The van der Waals surface area contributed by atoms with Gasteiger partial charge in [0.05, 0.1) is 51.3 Å². The maximum atomic E-state index is 13.1. The van der Waals surface area contributed by atoms with Crippen LogP contribution in [0, 0.1) is 23.2 Å². The number of carbonyl (C=O) groups excluding carboxylic acids is 3. The normalized spacial score (nSPS) is 19.5. The van der Waals surface area contributed by atoms with Gasteiger partial charge in [-0.05, 0) is 126 Å². The number of nitriles is 1. The van der Waals surface area contributed by atoms with Gasteiger partial charge in [-0.1, -0.05) is 26.0 Å². The zero-order chi connectivity index (χ0) is 38.6. The Morgan fingerprint density at radius 2 is 1.11 bits per heavy atom. The fourth-order valence-electron chi connectivity index (χ4n) is 6.71. The molecule has 0 spiro atoms. The highest BCUT2D eigenvalue weighted by atomic mass is 16.5. The second-order valence-corrected chi connectivity index (χ2v) is 14.3. The predicted molar refractivity (Wildman–Crippen MR) is 205 cm³/mol. The minimum atomic E-state index is -0.475. The lowest BCUT2D eigenvalue weighted by molar-refractivity contribution is -0.138. The first-order valence-corrected chi connectivity index (χ1v) is 20.2. The molecule has 2 aliphatic rings. The number of hydrogen-bond acceptors (Lipinski definition) is 11. The zero-order valence-corrected chi connectivity index (χ0v) is 32.3. The smallest absolute Gasteiger partial charge is 0.342 e. The summed E-state index contributed by atoms with van der Waals surface area (Å²) in [4.78, 5) is 35.3. The lowest BCUT2D eigenvalue weighted by Crippen LogP contribution is -2.26. The molecule has 11 nitrogen and oxygen atoms in total. The molecular formula is C43H63NO10. The SMILES string of the molecule is C=CC(=O)OCCCCCCOC1CCC(COc2ccc(OCC3CCC(OCCCCCCOC(=O)C=C)CC3)c(C(=O)OCCCC#N)c2)CC1. The maximum absolute atomic E-state index is 13.1. The van der Waals surface area contributed by atoms with Crippen molar-refractivity contribution in [3.63, 3.8) is 0 Å². The second kappa shape index (κ2) is 27.7. The molecular weight excluding hydrogens is 690 g/mol. The number of unbranched alkanes of at least 4 members (excludes halogenated alkanes) is 7. The van der Waals surface area contributed by atoms with E-state index in [1.165, 1.54) is 12.2 Å². The molecule has 1 aromatic carbocycles. The average Bonchev–Trinajstić information content (AvgIpc) is 3.20. The Kier molecular flexibility index (Phi) is 22.8. The van der Waals surface area contributed by atoms with Gasteiger partial charge in [-0.3, -0.25) is 0 Å².